The standard InChI is InChI=1S/C38H64NO6P/c1-2-3-4-5-6-7-8-9-10-11-12-13-14-18-21-24-33-43-46(41,45-35-26-31-39)44-34-25-22-19-16-15-17-20-23-32-42-38-29-27-37(36-40)28-30-38/h9-10,27-30,36H,2-8,11-26,32-35H2,1H3/b10-9-. The van der Waals surface area contributed by atoms with Gasteiger partial charge in [0.15, 0.2) is 0 Å². The smallest absolute Gasteiger partial charge is 0.474 e. The van der Waals surface area contributed by atoms with Gasteiger partial charge in [0.05, 0.1) is 38.9 Å². The summed E-state index contributed by atoms with van der Waals surface area (Å²) in [5.41, 5.74) is 0.657. The first kappa shape index (κ1) is 42.1. The molecule has 0 aliphatic heterocycles. The van der Waals surface area contributed by atoms with Crippen LogP contribution in [-0.2, 0) is 18.1 Å². The normalized spacial score (nSPS) is 12.7. The molecule has 0 radical (unpaired) electrons. The van der Waals surface area contributed by atoms with E-state index in [-0.39, 0.29) is 13.0 Å². The second kappa shape index (κ2) is 31.6. The molecule has 7 nitrogen and oxygen atoms in total. The fourth-order valence-corrected chi connectivity index (χ4v) is 6.36. The first-order valence-corrected chi connectivity index (χ1v) is 19.8. The number of carbonyl (C=O) groups is 1. The highest BCUT2D eigenvalue weighted by Gasteiger charge is 2.26. The van der Waals surface area contributed by atoms with Gasteiger partial charge in [0.2, 0.25) is 0 Å². The number of hydrogen-bond acceptors (Lipinski definition) is 7. The minimum atomic E-state index is -3.63. The Morgan fingerprint density at radius 1 is 0.609 bits per heavy atom. The van der Waals surface area contributed by atoms with Gasteiger partial charge in [0.1, 0.15) is 12.0 Å². The van der Waals surface area contributed by atoms with Crippen LogP contribution in [0.3, 0.4) is 0 Å². The van der Waals surface area contributed by atoms with Crippen molar-refractivity contribution in [1.29, 1.82) is 5.26 Å². The molecule has 0 bridgehead atoms. The van der Waals surface area contributed by atoms with E-state index in [1.165, 1.54) is 83.5 Å². The molecule has 0 heterocycles. The lowest BCUT2D eigenvalue weighted by atomic mass is 10.1. The lowest BCUT2D eigenvalue weighted by Crippen LogP contribution is -2.04. The molecule has 0 aliphatic rings. The monoisotopic (exact) mass is 661 g/mol. The molecule has 1 aromatic carbocycles. The number of nitriles is 1. The number of phosphoric acid groups is 1. The molecule has 0 amide bonds. The van der Waals surface area contributed by atoms with Crippen LogP contribution in [0.4, 0.5) is 0 Å². The summed E-state index contributed by atoms with van der Waals surface area (Å²) < 4.78 is 35.3. The molecule has 8 heteroatoms. The van der Waals surface area contributed by atoms with Crippen LogP contribution in [0.25, 0.3) is 0 Å². The van der Waals surface area contributed by atoms with Gasteiger partial charge < -0.3 is 4.74 Å². The van der Waals surface area contributed by atoms with E-state index in [2.05, 4.69) is 19.1 Å². The third kappa shape index (κ3) is 26.1. The molecule has 262 valence electrons. The molecule has 1 atom stereocenters. The van der Waals surface area contributed by atoms with Crippen LogP contribution in [0, 0.1) is 11.3 Å². The van der Waals surface area contributed by atoms with Gasteiger partial charge in [-0.15, -0.1) is 0 Å². The van der Waals surface area contributed by atoms with Crippen LogP contribution in [0.5, 0.6) is 5.75 Å². The lowest BCUT2D eigenvalue weighted by molar-refractivity contribution is 0.111. The Hall–Kier alpha value is -1.97. The molecule has 0 aliphatic carbocycles. The van der Waals surface area contributed by atoms with E-state index >= 15 is 0 Å². The largest absolute Gasteiger partial charge is 0.494 e. The maximum absolute atomic E-state index is 13.0. The Morgan fingerprint density at radius 3 is 1.52 bits per heavy atom. The van der Waals surface area contributed by atoms with Gasteiger partial charge in [0, 0.05) is 5.56 Å². The number of benzene rings is 1. The summed E-state index contributed by atoms with van der Waals surface area (Å²) in [6, 6.07) is 9.20. The number of carbonyl (C=O) groups excluding carboxylic acids is 1. The van der Waals surface area contributed by atoms with Crippen LogP contribution < -0.4 is 4.74 Å². The maximum Gasteiger partial charge on any atom is 0.474 e. The fourth-order valence-electron chi connectivity index (χ4n) is 5.11. The molecular formula is C38H64NO6P. The van der Waals surface area contributed by atoms with Crippen LogP contribution in [0.1, 0.15) is 165 Å². The second-order valence-electron chi connectivity index (χ2n) is 12.2. The molecule has 1 aromatic rings. The topological polar surface area (TPSA) is 94.8 Å². The lowest BCUT2D eigenvalue weighted by Gasteiger charge is -2.17. The summed E-state index contributed by atoms with van der Waals surface area (Å²) in [4.78, 5) is 10.7. The molecule has 0 aromatic heterocycles. The van der Waals surface area contributed by atoms with Crippen molar-refractivity contribution in [2.24, 2.45) is 0 Å². The Morgan fingerprint density at radius 2 is 1.04 bits per heavy atom. The first-order valence-electron chi connectivity index (χ1n) is 18.4. The van der Waals surface area contributed by atoms with Crippen molar-refractivity contribution in [2.75, 3.05) is 26.4 Å². The van der Waals surface area contributed by atoms with Crippen molar-refractivity contribution in [3.8, 4) is 11.8 Å². The maximum atomic E-state index is 13.0. The first-order chi connectivity index (χ1) is 22.6. The molecule has 0 saturated carbocycles. The average molecular weight is 662 g/mol. The zero-order valence-electron chi connectivity index (χ0n) is 29.0. The number of ether oxygens (including phenoxy) is 1. The average Bonchev–Trinajstić information content (AvgIpc) is 3.07. The van der Waals surface area contributed by atoms with Gasteiger partial charge >= 0.3 is 7.82 Å². The SMILES string of the molecule is CCCCCCCC/C=C\CCCCCCCCOP(=O)(OCCC#N)OCCCCCCCCCCOc1ccc(C=O)cc1. The van der Waals surface area contributed by atoms with Crippen molar-refractivity contribution in [3.63, 3.8) is 0 Å². The third-order valence-electron chi connectivity index (χ3n) is 7.94. The molecule has 1 rings (SSSR count). The van der Waals surface area contributed by atoms with Gasteiger partial charge in [-0.3, -0.25) is 18.4 Å². The zero-order valence-corrected chi connectivity index (χ0v) is 29.9. The highest BCUT2D eigenvalue weighted by atomic mass is 31.2. The van der Waals surface area contributed by atoms with E-state index in [4.69, 9.17) is 23.6 Å². The van der Waals surface area contributed by atoms with Crippen LogP contribution in [0.2, 0.25) is 0 Å². The van der Waals surface area contributed by atoms with Crippen molar-refractivity contribution in [3.05, 3.63) is 42.0 Å². The number of rotatable bonds is 34. The molecule has 46 heavy (non-hydrogen) atoms. The zero-order chi connectivity index (χ0) is 33.2. The van der Waals surface area contributed by atoms with Crippen LogP contribution in [-0.4, -0.2) is 32.7 Å². The van der Waals surface area contributed by atoms with Gasteiger partial charge in [-0.25, -0.2) is 4.57 Å². The quantitative estimate of drug-likeness (QED) is 0.0314. The van der Waals surface area contributed by atoms with E-state index in [1.807, 2.05) is 18.2 Å². The number of unbranched alkanes of at least 4 members (excludes halogenated alkanes) is 19. The highest BCUT2D eigenvalue weighted by Crippen LogP contribution is 2.49. The number of allylic oxidation sites excluding steroid dienone is 2. The molecule has 1 unspecified atom stereocenters. The Labute approximate surface area is 281 Å². The van der Waals surface area contributed by atoms with Crippen molar-refractivity contribution < 1.29 is 27.7 Å². The molecule has 0 spiro atoms. The molecular weight excluding hydrogens is 597 g/mol. The van der Waals surface area contributed by atoms with E-state index in [0.29, 0.717) is 25.4 Å². The summed E-state index contributed by atoms with van der Waals surface area (Å²) in [7, 11) is -3.63. The second-order valence-corrected chi connectivity index (χ2v) is 13.8. The van der Waals surface area contributed by atoms with Crippen molar-refractivity contribution in [2.45, 2.75) is 155 Å². The van der Waals surface area contributed by atoms with Crippen molar-refractivity contribution >= 4 is 14.1 Å². The number of nitrogens with zero attached hydrogens (tertiary/aromatic N) is 1. The molecule has 0 N–H and O–H groups in total. The summed E-state index contributed by atoms with van der Waals surface area (Å²) in [5, 5.41) is 8.82. The van der Waals surface area contributed by atoms with E-state index < -0.39 is 7.82 Å². The van der Waals surface area contributed by atoms with Gasteiger partial charge in [-0.05, 0) is 69.2 Å². The van der Waals surface area contributed by atoms with Crippen molar-refractivity contribution in [1.82, 2.24) is 0 Å². The summed E-state index contributed by atoms with van der Waals surface area (Å²) in [6.07, 6.45) is 31.6. The summed E-state index contributed by atoms with van der Waals surface area (Å²) in [5.74, 6) is 0.802. The predicted octanol–water partition coefficient (Wildman–Crippen LogP) is 12.1. The summed E-state index contributed by atoms with van der Waals surface area (Å²) in [6.45, 7) is 3.69. The van der Waals surface area contributed by atoms with Crippen LogP contribution >= 0.6 is 7.82 Å². The van der Waals surface area contributed by atoms with Gasteiger partial charge in [-0.2, -0.15) is 5.26 Å². The number of hydrogen-bond donors (Lipinski definition) is 0. The number of aldehydes is 1. The Balaban J connectivity index is 2.00. The molecule has 0 fully saturated rings. The summed E-state index contributed by atoms with van der Waals surface area (Å²) >= 11 is 0. The number of phosphoric ester groups is 1. The molecule has 0 saturated heterocycles. The van der Waals surface area contributed by atoms with Gasteiger partial charge in [0.25, 0.3) is 0 Å². The minimum Gasteiger partial charge on any atom is -0.494 e. The Kier molecular flexibility index (Phi) is 28.9. The third-order valence-corrected chi connectivity index (χ3v) is 9.44. The predicted molar refractivity (Wildman–Crippen MR) is 189 cm³/mol. The van der Waals surface area contributed by atoms with Gasteiger partial charge in [-0.1, -0.05) is 115 Å². The van der Waals surface area contributed by atoms with E-state index in [1.54, 1.807) is 12.1 Å². The Bertz CT molecular complexity index is 946. The highest BCUT2D eigenvalue weighted by molar-refractivity contribution is 7.48. The minimum absolute atomic E-state index is 0.0542. The van der Waals surface area contributed by atoms with E-state index in [9.17, 15) is 9.36 Å². The van der Waals surface area contributed by atoms with E-state index in [0.717, 1.165) is 69.8 Å². The van der Waals surface area contributed by atoms with Crippen LogP contribution in [0.15, 0.2) is 36.4 Å². The fraction of sp³-hybridized carbons (Fsp3) is 0.737.